The molecule has 2 aromatic carbocycles. The molecule has 0 heterocycles. The molecule has 0 saturated carbocycles. The van der Waals surface area contributed by atoms with Crippen molar-refractivity contribution in [3.8, 4) is 0 Å². The fourth-order valence-electron chi connectivity index (χ4n) is 1.95. The molecule has 0 aromatic heterocycles. The number of nitrogens with one attached hydrogen (secondary N) is 2. The fraction of sp³-hybridized carbons (Fsp3) is 0.235. The van der Waals surface area contributed by atoms with Gasteiger partial charge in [0.15, 0.2) is 0 Å². The van der Waals surface area contributed by atoms with Crippen LogP contribution in [0.5, 0.6) is 0 Å². The second kappa shape index (κ2) is 7.46. The van der Waals surface area contributed by atoms with E-state index in [-0.39, 0.29) is 5.91 Å². The van der Waals surface area contributed by atoms with E-state index in [0.29, 0.717) is 13.1 Å². The molecule has 0 aliphatic rings. The third-order valence-electron chi connectivity index (χ3n) is 3.10. The van der Waals surface area contributed by atoms with Gasteiger partial charge in [0.1, 0.15) is 0 Å². The lowest BCUT2D eigenvalue weighted by Gasteiger charge is -2.07. The Bertz CT molecular complexity index is 535. The molecule has 0 fully saturated rings. The Morgan fingerprint density at radius 1 is 0.950 bits per heavy atom. The molecule has 0 saturated heterocycles. The van der Waals surface area contributed by atoms with Crippen LogP contribution in [0.15, 0.2) is 54.6 Å². The van der Waals surface area contributed by atoms with E-state index in [4.69, 9.17) is 0 Å². The Morgan fingerprint density at radius 2 is 1.65 bits per heavy atom. The molecular weight excluding hydrogens is 248 g/mol. The number of benzene rings is 2. The van der Waals surface area contributed by atoms with Crippen molar-refractivity contribution < 1.29 is 4.79 Å². The SMILES string of the molecule is CCc1ccc(NC(=O)CNCc2ccccc2)cc1. The number of amides is 1. The Morgan fingerprint density at radius 3 is 2.30 bits per heavy atom. The highest BCUT2D eigenvalue weighted by atomic mass is 16.1. The summed E-state index contributed by atoms with van der Waals surface area (Å²) in [6, 6.07) is 18.0. The van der Waals surface area contributed by atoms with Gasteiger partial charge in [-0.1, -0.05) is 49.4 Å². The van der Waals surface area contributed by atoms with Gasteiger partial charge in [0, 0.05) is 12.2 Å². The molecule has 2 N–H and O–H groups in total. The van der Waals surface area contributed by atoms with Crippen LogP contribution >= 0.6 is 0 Å². The van der Waals surface area contributed by atoms with Gasteiger partial charge in [0.25, 0.3) is 0 Å². The highest BCUT2D eigenvalue weighted by Gasteiger charge is 2.01. The monoisotopic (exact) mass is 268 g/mol. The van der Waals surface area contributed by atoms with Crippen molar-refractivity contribution >= 4 is 11.6 Å². The summed E-state index contributed by atoms with van der Waals surface area (Å²) in [5.74, 6) is -0.0230. The van der Waals surface area contributed by atoms with Gasteiger partial charge in [-0.15, -0.1) is 0 Å². The molecule has 0 atom stereocenters. The Balaban J connectivity index is 1.74. The third-order valence-corrected chi connectivity index (χ3v) is 3.10. The molecule has 20 heavy (non-hydrogen) atoms. The van der Waals surface area contributed by atoms with E-state index in [0.717, 1.165) is 12.1 Å². The Hall–Kier alpha value is -2.13. The van der Waals surface area contributed by atoms with Gasteiger partial charge >= 0.3 is 0 Å². The third kappa shape index (κ3) is 4.52. The van der Waals surface area contributed by atoms with E-state index in [9.17, 15) is 4.79 Å². The summed E-state index contributed by atoms with van der Waals surface area (Å²) in [6.07, 6.45) is 1.01. The molecule has 0 bridgehead atoms. The van der Waals surface area contributed by atoms with Crippen molar-refractivity contribution in [1.82, 2.24) is 5.32 Å². The standard InChI is InChI=1S/C17H20N2O/c1-2-14-8-10-16(11-9-14)19-17(20)13-18-12-15-6-4-3-5-7-15/h3-11,18H,2,12-13H2,1H3,(H,19,20). The molecular formula is C17H20N2O. The van der Waals surface area contributed by atoms with Crippen molar-refractivity contribution in [2.45, 2.75) is 19.9 Å². The summed E-state index contributed by atoms with van der Waals surface area (Å²) in [4.78, 5) is 11.8. The van der Waals surface area contributed by atoms with Crippen LogP contribution in [0.3, 0.4) is 0 Å². The van der Waals surface area contributed by atoms with Crippen LogP contribution in [-0.4, -0.2) is 12.5 Å². The maximum atomic E-state index is 11.8. The number of anilines is 1. The van der Waals surface area contributed by atoms with E-state index in [1.165, 1.54) is 11.1 Å². The summed E-state index contributed by atoms with van der Waals surface area (Å²) in [7, 11) is 0. The fourth-order valence-corrected chi connectivity index (χ4v) is 1.95. The van der Waals surface area contributed by atoms with Gasteiger partial charge in [-0.05, 0) is 29.7 Å². The smallest absolute Gasteiger partial charge is 0.238 e. The highest BCUT2D eigenvalue weighted by molar-refractivity contribution is 5.92. The molecule has 0 unspecified atom stereocenters. The summed E-state index contributed by atoms with van der Waals surface area (Å²) in [5.41, 5.74) is 3.28. The van der Waals surface area contributed by atoms with Crippen molar-refractivity contribution in [2.24, 2.45) is 0 Å². The molecule has 104 valence electrons. The Labute approximate surface area is 120 Å². The highest BCUT2D eigenvalue weighted by Crippen LogP contribution is 2.09. The van der Waals surface area contributed by atoms with Gasteiger partial charge in [0.2, 0.25) is 5.91 Å². The quantitative estimate of drug-likeness (QED) is 0.845. The normalized spacial score (nSPS) is 10.2. The first-order chi connectivity index (χ1) is 9.78. The zero-order chi connectivity index (χ0) is 14.2. The number of carbonyl (C=O) groups is 1. The van der Waals surface area contributed by atoms with E-state index in [1.807, 2.05) is 54.6 Å². The molecule has 3 nitrogen and oxygen atoms in total. The molecule has 0 spiro atoms. The number of hydrogen-bond donors (Lipinski definition) is 2. The van der Waals surface area contributed by atoms with Gasteiger partial charge in [-0.25, -0.2) is 0 Å². The number of aryl methyl sites for hydroxylation is 1. The molecule has 0 radical (unpaired) electrons. The van der Waals surface area contributed by atoms with Crippen LogP contribution in [0.1, 0.15) is 18.1 Å². The largest absolute Gasteiger partial charge is 0.325 e. The molecule has 3 heteroatoms. The molecule has 0 aliphatic carbocycles. The van der Waals surface area contributed by atoms with Crippen LogP contribution in [0.4, 0.5) is 5.69 Å². The van der Waals surface area contributed by atoms with Crippen molar-refractivity contribution in [3.63, 3.8) is 0 Å². The van der Waals surface area contributed by atoms with E-state index < -0.39 is 0 Å². The Kier molecular flexibility index (Phi) is 5.33. The van der Waals surface area contributed by atoms with Gasteiger partial charge in [-0.2, -0.15) is 0 Å². The number of carbonyl (C=O) groups excluding carboxylic acids is 1. The lowest BCUT2D eigenvalue weighted by Crippen LogP contribution is -2.27. The first-order valence-corrected chi connectivity index (χ1v) is 6.91. The van der Waals surface area contributed by atoms with Gasteiger partial charge < -0.3 is 10.6 Å². The summed E-state index contributed by atoms with van der Waals surface area (Å²) >= 11 is 0. The van der Waals surface area contributed by atoms with Gasteiger partial charge in [-0.3, -0.25) is 4.79 Å². The summed E-state index contributed by atoms with van der Waals surface area (Å²) in [5, 5.41) is 6.01. The minimum atomic E-state index is -0.0230. The minimum absolute atomic E-state index is 0.0230. The lowest BCUT2D eigenvalue weighted by molar-refractivity contribution is -0.115. The number of hydrogen-bond acceptors (Lipinski definition) is 2. The first kappa shape index (κ1) is 14.3. The van der Waals surface area contributed by atoms with Crippen LogP contribution < -0.4 is 10.6 Å². The second-order valence-electron chi connectivity index (χ2n) is 4.69. The average molecular weight is 268 g/mol. The molecule has 2 rings (SSSR count). The van der Waals surface area contributed by atoms with Crippen LogP contribution in [-0.2, 0) is 17.8 Å². The van der Waals surface area contributed by atoms with Crippen molar-refractivity contribution in [1.29, 1.82) is 0 Å². The van der Waals surface area contributed by atoms with Crippen molar-refractivity contribution in [3.05, 3.63) is 65.7 Å². The van der Waals surface area contributed by atoms with Crippen molar-refractivity contribution in [2.75, 3.05) is 11.9 Å². The molecule has 0 aliphatic heterocycles. The second-order valence-corrected chi connectivity index (χ2v) is 4.69. The maximum Gasteiger partial charge on any atom is 0.238 e. The molecule has 2 aromatic rings. The topological polar surface area (TPSA) is 41.1 Å². The summed E-state index contributed by atoms with van der Waals surface area (Å²) < 4.78 is 0. The number of rotatable bonds is 6. The maximum absolute atomic E-state index is 11.8. The van der Waals surface area contributed by atoms with Crippen LogP contribution in [0.2, 0.25) is 0 Å². The van der Waals surface area contributed by atoms with Crippen LogP contribution in [0, 0.1) is 0 Å². The van der Waals surface area contributed by atoms with Crippen LogP contribution in [0.25, 0.3) is 0 Å². The predicted molar refractivity (Wildman–Crippen MR) is 82.6 cm³/mol. The zero-order valence-corrected chi connectivity index (χ0v) is 11.7. The average Bonchev–Trinajstić information content (AvgIpc) is 2.49. The van der Waals surface area contributed by atoms with E-state index >= 15 is 0 Å². The lowest BCUT2D eigenvalue weighted by atomic mass is 10.1. The van der Waals surface area contributed by atoms with E-state index in [1.54, 1.807) is 0 Å². The molecule has 1 amide bonds. The van der Waals surface area contributed by atoms with E-state index in [2.05, 4.69) is 17.6 Å². The summed E-state index contributed by atoms with van der Waals surface area (Å²) in [6.45, 7) is 3.12. The zero-order valence-electron chi connectivity index (χ0n) is 11.7. The first-order valence-electron chi connectivity index (χ1n) is 6.91. The predicted octanol–water partition coefficient (Wildman–Crippen LogP) is 2.98. The van der Waals surface area contributed by atoms with Gasteiger partial charge in [0.05, 0.1) is 6.54 Å². The minimum Gasteiger partial charge on any atom is -0.325 e.